The summed E-state index contributed by atoms with van der Waals surface area (Å²) in [6.07, 6.45) is 2.09. The topological polar surface area (TPSA) is 90.9 Å². The average Bonchev–Trinajstić information content (AvgIpc) is 2.52. The third kappa shape index (κ3) is 10.2. The first-order valence-electron chi connectivity index (χ1n) is 7.47. The van der Waals surface area contributed by atoms with Crippen LogP contribution in [0.15, 0.2) is 35.5 Å². The maximum absolute atomic E-state index is 11.9. The smallest absolute Gasteiger partial charge is 0.407 e. The van der Waals surface area contributed by atoms with E-state index in [1.807, 2.05) is 27.7 Å². The van der Waals surface area contributed by atoms with Gasteiger partial charge in [0, 0.05) is 6.08 Å². The highest BCUT2D eigenvalue weighted by atomic mass is 16.6. The highest BCUT2D eigenvalue weighted by Gasteiger charge is 2.11. The summed E-state index contributed by atoms with van der Waals surface area (Å²) in [5, 5.41) is 2.39. The first-order valence-corrected chi connectivity index (χ1v) is 7.47. The fourth-order valence-electron chi connectivity index (χ4n) is 1.46. The van der Waals surface area contributed by atoms with Gasteiger partial charge in [-0.15, -0.1) is 0 Å². The SMILES string of the molecule is C=CC(=O)OCCNC(=O)OCCOC(=O)C(C=C(C)C)=C(C)C. The minimum atomic E-state index is -0.688. The zero-order valence-electron chi connectivity index (χ0n) is 14.6. The lowest BCUT2D eigenvalue weighted by molar-refractivity contribution is -0.139. The van der Waals surface area contributed by atoms with Gasteiger partial charge in [0.2, 0.25) is 0 Å². The Morgan fingerprint density at radius 2 is 1.58 bits per heavy atom. The largest absolute Gasteiger partial charge is 0.461 e. The van der Waals surface area contributed by atoms with E-state index in [9.17, 15) is 14.4 Å². The molecule has 0 bridgehead atoms. The number of carbonyl (C=O) groups excluding carboxylic acids is 3. The molecule has 0 aromatic heterocycles. The molecule has 0 rings (SSSR count). The Hall–Kier alpha value is -2.57. The molecule has 0 atom stereocenters. The van der Waals surface area contributed by atoms with Crippen LogP contribution >= 0.6 is 0 Å². The Morgan fingerprint density at radius 3 is 2.12 bits per heavy atom. The Kier molecular flexibility index (Phi) is 10.6. The normalized spacial score (nSPS) is 9.33. The van der Waals surface area contributed by atoms with Gasteiger partial charge in [0.15, 0.2) is 0 Å². The molecule has 0 aromatic rings. The molecule has 0 aliphatic rings. The van der Waals surface area contributed by atoms with Crippen LogP contribution in [-0.2, 0) is 23.8 Å². The molecule has 0 spiro atoms. The fraction of sp³-hybridized carbons (Fsp3) is 0.471. The van der Waals surface area contributed by atoms with Crippen LogP contribution in [0.2, 0.25) is 0 Å². The predicted molar refractivity (Wildman–Crippen MR) is 89.3 cm³/mol. The van der Waals surface area contributed by atoms with Crippen LogP contribution in [0.5, 0.6) is 0 Å². The van der Waals surface area contributed by atoms with E-state index in [4.69, 9.17) is 9.47 Å². The molecule has 24 heavy (non-hydrogen) atoms. The Labute approximate surface area is 142 Å². The van der Waals surface area contributed by atoms with Gasteiger partial charge in [0.25, 0.3) is 0 Å². The minimum absolute atomic E-state index is 0.0155. The average molecular weight is 339 g/mol. The van der Waals surface area contributed by atoms with E-state index >= 15 is 0 Å². The molecule has 0 radical (unpaired) electrons. The van der Waals surface area contributed by atoms with Crippen LogP contribution in [-0.4, -0.2) is 44.4 Å². The maximum Gasteiger partial charge on any atom is 0.407 e. The standard InChI is InChI=1S/C17H25NO6/c1-6-15(19)22-8-7-18-17(21)24-10-9-23-16(20)14(13(4)5)11-12(2)3/h6,11H,1,7-10H2,2-5H3,(H,18,21). The number of alkyl carbamates (subject to hydrolysis) is 1. The minimum Gasteiger partial charge on any atom is -0.461 e. The Morgan fingerprint density at radius 1 is 0.958 bits per heavy atom. The number of amides is 1. The van der Waals surface area contributed by atoms with Gasteiger partial charge in [0.1, 0.15) is 19.8 Å². The van der Waals surface area contributed by atoms with Gasteiger partial charge >= 0.3 is 18.0 Å². The second-order valence-electron chi connectivity index (χ2n) is 5.21. The van der Waals surface area contributed by atoms with Crippen LogP contribution in [0.1, 0.15) is 27.7 Å². The van der Waals surface area contributed by atoms with Crippen molar-refractivity contribution in [3.63, 3.8) is 0 Å². The molecule has 0 aliphatic carbocycles. The first kappa shape index (κ1) is 21.4. The van der Waals surface area contributed by atoms with Crippen molar-refractivity contribution < 1.29 is 28.6 Å². The van der Waals surface area contributed by atoms with Crippen molar-refractivity contribution in [1.29, 1.82) is 0 Å². The maximum atomic E-state index is 11.9. The second-order valence-corrected chi connectivity index (χ2v) is 5.21. The summed E-state index contributed by atoms with van der Waals surface area (Å²) in [5.41, 5.74) is 2.31. The number of hydrogen-bond acceptors (Lipinski definition) is 6. The van der Waals surface area contributed by atoms with Gasteiger partial charge in [-0.3, -0.25) is 0 Å². The van der Waals surface area contributed by atoms with Crippen LogP contribution < -0.4 is 5.32 Å². The zero-order chi connectivity index (χ0) is 18.5. The molecule has 0 aromatic carbocycles. The van der Waals surface area contributed by atoms with E-state index in [0.717, 1.165) is 17.2 Å². The highest BCUT2D eigenvalue weighted by Crippen LogP contribution is 2.10. The third-order valence-electron chi connectivity index (χ3n) is 2.52. The van der Waals surface area contributed by atoms with Gasteiger partial charge in [-0.05, 0) is 33.8 Å². The van der Waals surface area contributed by atoms with Gasteiger partial charge in [0.05, 0.1) is 12.1 Å². The molecule has 1 amide bonds. The number of ether oxygens (including phenoxy) is 3. The summed E-state index contributed by atoms with van der Waals surface area (Å²) < 4.78 is 14.6. The van der Waals surface area contributed by atoms with E-state index in [1.54, 1.807) is 6.08 Å². The number of carbonyl (C=O) groups is 3. The van der Waals surface area contributed by atoms with E-state index in [2.05, 4.69) is 16.6 Å². The Bertz CT molecular complexity index is 525. The number of allylic oxidation sites excluding steroid dienone is 2. The lowest BCUT2D eigenvalue weighted by Gasteiger charge is -2.09. The van der Waals surface area contributed by atoms with E-state index in [1.165, 1.54) is 0 Å². The monoisotopic (exact) mass is 339 g/mol. The van der Waals surface area contributed by atoms with Crippen LogP contribution in [0.25, 0.3) is 0 Å². The van der Waals surface area contributed by atoms with Crippen molar-refractivity contribution in [3.05, 3.63) is 35.5 Å². The predicted octanol–water partition coefficient (Wildman–Crippen LogP) is 2.29. The van der Waals surface area contributed by atoms with Crippen molar-refractivity contribution in [3.8, 4) is 0 Å². The number of esters is 2. The van der Waals surface area contributed by atoms with Crippen LogP contribution in [0.4, 0.5) is 4.79 Å². The number of hydrogen-bond donors (Lipinski definition) is 1. The summed E-state index contributed by atoms with van der Waals surface area (Å²) in [7, 11) is 0. The summed E-state index contributed by atoms with van der Waals surface area (Å²) in [6, 6.07) is 0. The molecule has 0 heterocycles. The van der Waals surface area contributed by atoms with Crippen molar-refractivity contribution in [2.75, 3.05) is 26.4 Å². The molecule has 0 saturated carbocycles. The van der Waals surface area contributed by atoms with Crippen molar-refractivity contribution in [1.82, 2.24) is 5.32 Å². The number of nitrogens with one attached hydrogen (secondary N) is 1. The van der Waals surface area contributed by atoms with Gasteiger partial charge in [-0.2, -0.15) is 0 Å². The lowest BCUT2D eigenvalue weighted by Crippen LogP contribution is -2.29. The van der Waals surface area contributed by atoms with Crippen LogP contribution in [0.3, 0.4) is 0 Å². The molecule has 7 nitrogen and oxygen atoms in total. The van der Waals surface area contributed by atoms with Crippen LogP contribution in [0, 0.1) is 0 Å². The van der Waals surface area contributed by atoms with Gasteiger partial charge in [-0.25, -0.2) is 14.4 Å². The molecule has 0 fully saturated rings. The van der Waals surface area contributed by atoms with Gasteiger partial charge in [-0.1, -0.05) is 17.7 Å². The third-order valence-corrected chi connectivity index (χ3v) is 2.52. The zero-order valence-corrected chi connectivity index (χ0v) is 14.6. The molecule has 0 unspecified atom stereocenters. The summed E-state index contributed by atoms with van der Waals surface area (Å²) in [6.45, 7) is 10.7. The summed E-state index contributed by atoms with van der Waals surface area (Å²) in [5.74, 6) is -1.03. The molecule has 7 heteroatoms. The first-order chi connectivity index (χ1) is 11.3. The van der Waals surface area contributed by atoms with Crippen molar-refractivity contribution in [2.24, 2.45) is 0 Å². The molecule has 0 saturated heterocycles. The molecule has 0 aliphatic heterocycles. The quantitative estimate of drug-likeness (QED) is 0.228. The summed E-state index contributed by atoms with van der Waals surface area (Å²) >= 11 is 0. The lowest BCUT2D eigenvalue weighted by atomic mass is 10.1. The second kappa shape index (κ2) is 11.9. The molecule has 134 valence electrons. The molecular formula is C17H25NO6. The molecular weight excluding hydrogens is 314 g/mol. The van der Waals surface area contributed by atoms with Crippen molar-refractivity contribution >= 4 is 18.0 Å². The summed E-state index contributed by atoms with van der Waals surface area (Å²) in [4.78, 5) is 34.0. The Balaban J connectivity index is 4.00. The van der Waals surface area contributed by atoms with Gasteiger partial charge < -0.3 is 19.5 Å². The van der Waals surface area contributed by atoms with E-state index < -0.39 is 18.0 Å². The van der Waals surface area contributed by atoms with Crippen molar-refractivity contribution in [2.45, 2.75) is 27.7 Å². The van der Waals surface area contributed by atoms with E-state index in [0.29, 0.717) is 5.57 Å². The number of rotatable bonds is 9. The molecule has 1 N–H and O–H groups in total. The van der Waals surface area contributed by atoms with E-state index in [-0.39, 0.29) is 26.4 Å². The highest BCUT2D eigenvalue weighted by molar-refractivity contribution is 5.92. The fourth-order valence-corrected chi connectivity index (χ4v) is 1.46.